The molecule has 144 valence electrons. The summed E-state index contributed by atoms with van der Waals surface area (Å²) in [4.78, 5) is 26.0. The Bertz CT molecular complexity index is 793. The van der Waals surface area contributed by atoms with E-state index >= 15 is 0 Å². The number of aryl methyl sites for hydroxylation is 3. The summed E-state index contributed by atoms with van der Waals surface area (Å²) in [6.07, 6.45) is 0. The number of hydrogen-bond donors (Lipinski definition) is 1. The van der Waals surface area contributed by atoms with Gasteiger partial charge in [-0.3, -0.25) is 4.79 Å². The van der Waals surface area contributed by atoms with Gasteiger partial charge in [0.15, 0.2) is 6.61 Å². The summed E-state index contributed by atoms with van der Waals surface area (Å²) < 4.78 is 5.61. The minimum atomic E-state index is -0.222. The summed E-state index contributed by atoms with van der Waals surface area (Å²) in [5, 5.41) is 2.89. The van der Waals surface area contributed by atoms with Crippen molar-refractivity contribution in [1.82, 2.24) is 14.9 Å². The molecule has 1 aromatic heterocycles. The highest BCUT2D eigenvalue weighted by Crippen LogP contribution is 2.21. The Morgan fingerprint density at radius 3 is 2.33 bits per heavy atom. The zero-order valence-corrected chi connectivity index (χ0v) is 16.5. The molecule has 1 aromatic carbocycles. The molecule has 0 atom stereocenters. The number of benzene rings is 1. The molecule has 1 aliphatic rings. The number of carbonyl (C=O) groups excluding carboxylic acids is 1. The summed E-state index contributed by atoms with van der Waals surface area (Å²) in [6, 6.07) is 7.63. The van der Waals surface area contributed by atoms with Gasteiger partial charge in [-0.25, -0.2) is 9.97 Å². The monoisotopic (exact) mass is 369 g/mol. The van der Waals surface area contributed by atoms with Crippen molar-refractivity contribution in [3.63, 3.8) is 0 Å². The Labute approximate surface area is 160 Å². The van der Waals surface area contributed by atoms with E-state index in [0.717, 1.165) is 49.1 Å². The van der Waals surface area contributed by atoms with E-state index in [0.29, 0.717) is 11.4 Å². The molecule has 7 nitrogen and oxygen atoms in total. The van der Waals surface area contributed by atoms with Gasteiger partial charge >= 0.3 is 0 Å². The zero-order chi connectivity index (χ0) is 19.4. The first kappa shape index (κ1) is 19.1. The minimum absolute atomic E-state index is 0.0516. The fraction of sp³-hybridized carbons (Fsp3) is 0.450. The number of likely N-dealkylation sites (N-methyl/N-ethyl adjacent to an activating group) is 1. The number of ether oxygens (including phenoxy) is 1. The fourth-order valence-electron chi connectivity index (χ4n) is 3.06. The molecule has 1 aliphatic heterocycles. The van der Waals surface area contributed by atoms with Crippen molar-refractivity contribution in [3.05, 3.63) is 41.2 Å². The maximum atomic E-state index is 12.3. The number of para-hydroxylation sites is 1. The van der Waals surface area contributed by atoms with Crippen LogP contribution in [0.5, 0.6) is 5.75 Å². The molecule has 1 fully saturated rings. The van der Waals surface area contributed by atoms with Crippen molar-refractivity contribution in [2.45, 2.75) is 20.8 Å². The van der Waals surface area contributed by atoms with Crippen LogP contribution in [0.15, 0.2) is 24.3 Å². The third-order valence-corrected chi connectivity index (χ3v) is 4.76. The molecule has 1 N–H and O–H groups in total. The normalized spacial score (nSPS) is 14.9. The number of carbonyl (C=O) groups is 1. The van der Waals surface area contributed by atoms with Crippen LogP contribution in [0.3, 0.4) is 0 Å². The quantitative estimate of drug-likeness (QED) is 0.871. The van der Waals surface area contributed by atoms with E-state index in [-0.39, 0.29) is 12.5 Å². The highest BCUT2D eigenvalue weighted by molar-refractivity contribution is 5.93. The Morgan fingerprint density at radius 1 is 1.07 bits per heavy atom. The molecule has 7 heteroatoms. The maximum Gasteiger partial charge on any atom is 0.262 e. The van der Waals surface area contributed by atoms with Gasteiger partial charge in [0.2, 0.25) is 5.95 Å². The van der Waals surface area contributed by atoms with Gasteiger partial charge in [0.1, 0.15) is 5.75 Å². The second-order valence-electron chi connectivity index (χ2n) is 6.96. The molecule has 0 radical (unpaired) electrons. The molecule has 2 aromatic rings. The molecule has 0 unspecified atom stereocenters. The number of nitrogens with zero attached hydrogens (tertiary/aromatic N) is 4. The van der Waals surface area contributed by atoms with Crippen LogP contribution in [0.2, 0.25) is 0 Å². The average molecular weight is 369 g/mol. The van der Waals surface area contributed by atoms with Crippen molar-refractivity contribution in [2.24, 2.45) is 0 Å². The van der Waals surface area contributed by atoms with Crippen LogP contribution in [-0.4, -0.2) is 60.6 Å². The smallest absolute Gasteiger partial charge is 0.262 e. The zero-order valence-electron chi connectivity index (χ0n) is 16.5. The van der Waals surface area contributed by atoms with Crippen molar-refractivity contribution in [3.8, 4) is 5.75 Å². The molecular formula is C20H27N5O2. The first-order valence-electron chi connectivity index (χ1n) is 9.21. The van der Waals surface area contributed by atoms with Gasteiger partial charge in [0, 0.05) is 26.2 Å². The molecule has 1 amide bonds. The second kappa shape index (κ2) is 8.35. The summed E-state index contributed by atoms with van der Waals surface area (Å²) in [5.41, 5.74) is 3.19. The molecule has 27 heavy (non-hydrogen) atoms. The Kier molecular flexibility index (Phi) is 5.91. The van der Waals surface area contributed by atoms with Crippen LogP contribution < -0.4 is 15.0 Å². The van der Waals surface area contributed by atoms with Gasteiger partial charge in [0.05, 0.1) is 17.1 Å². The lowest BCUT2D eigenvalue weighted by molar-refractivity contribution is -0.118. The van der Waals surface area contributed by atoms with Gasteiger partial charge in [0.25, 0.3) is 5.91 Å². The summed E-state index contributed by atoms with van der Waals surface area (Å²) in [5.74, 6) is 1.22. The Hall–Kier alpha value is -2.67. The number of piperazine rings is 1. The molecular weight excluding hydrogens is 342 g/mol. The van der Waals surface area contributed by atoms with Crippen LogP contribution >= 0.6 is 0 Å². The number of nitrogens with one attached hydrogen (secondary N) is 1. The van der Waals surface area contributed by atoms with Crippen LogP contribution in [0.1, 0.15) is 17.0 Å². The molecule has 2 heterocycles. The van der Waals surface area contributed by atoms with Gasteiger partial charge in [-0.15, -0.1) is 0 Å². The van der Waals surface area contributed by atoms with E-state index in [9.17, 15) is 4.79 Å². The summed E-state index contributed by atoms with van der Waals surface area (Å²) >= 11 is 0. The number of aromatic nitrogens is 2. The first-order chi connectivity index (χ1) is 12.9. The molecule has 1 saturated heterocycles. The SMILES string of the molecule is Cc1ccccc1OCC(=O)Nc1c(C)nc(N2CCN(C)CC2)nc1C. The van der Waals surface area contributed by atoms with E-state index in [2.05, 4.69) is 32.1 Å². The van der Waals surface area contributed by atoms with Crippen molar-refractivity contribution in [1.29, 1.82) is 0 Å². The molecule has 0 aliphatic carbocycles. The van der Waals surface area contributed by atoms with Gasteiger partial charge < -0.3 is 19.9 Å². The summed E-state index contributed by atoms with van der Waals surface area (Å²) in [7, 11) is 2.12. The lowest BCUT2D eigenvalue weighted by atomic mass is 10.2. The third-order valence-electron chi connectivity index (χ3n) is 4.76. The summed E-state index contributed by atoms with van der Waals surface area (Å²) in [6.45, 7) is 9.50. The highest BCUT2D eigenvalue weighted by Gasteiger charge is 2.19. The van der Waals surface area contributed by atoms with E-state index in [4.69, 9.17) is 4.74 Å². The Balaban J connectivity index is 1.64. The number of rotatable bonds is 5. The van der Waals surface area contributed by atoms with Gasteiger partial charge in [-0.05, 0) is 39.4 Å². The number of amides is 1. The first-order valence-corrected chi connectivity index (χ1v) is 9.21. The van der Waals surface area contributed by atoms with E-state index in [1.807, 2.05) is 45.0 Å². The minimum Gasteiger partial charge on any atom is -0.483 e. The Morgan fingerprint density at radius 2 is 1.70 bits per heavy atom. The lowest BCUT2D eigenvalue weighted by Crippen LogP contribution is -2.45. The van der Waals surface area contributed by atoms with Crippen LogP contribution in [0, 0.1) is 20.8 Å². The number of anilines is 2. The molecule has 0 bridgehead atoms. The van der Waals surface area contributed by atoms with E-state index < -0.39 is 0 Å². The molecule has 0 spiro atoms. The third kappa shape index (κ3) is 4.74. The topological polar surface area (TPSA) is 70.6 Å². The van der Waals surface area contributed by atoms with Crippen LogP contribution in [0.4, 0.5) is 11.6 Å². The highest BCUT2D eigenvalue weighted by atomic mass is 16.5. The maximum absolute atomic E-state index is 12.3. The average Bonchev–Trinajstić information content (AvgIpc) is 2.64. The predicted octanol–water partition coefficient (Wildman–Crippen LogP) is 2.17. The van der Waals surface area contributed by atoms with E-state index in [1.165, 1.54) is 0 Å². The lowest BCUT2D eigenvalue weighted by Gasteiger charge is -2.32. The van der Waals surface area contributed by atoms with Crippen molar-refractivity contribution in [2.75, 3.05) is 50.1 Å². The largest absolute Gasteiger partial charge is 0.483 e. The number of hydrogen-bond acceptors (Lipinski definition) is 6. The van der Waals surface area contributed by atoms with E-state index in [1.54, 1.807) is 0 Å². The second-order valence-corrected chi connectivity index (χ2v) is 6.96. The van der Waals surface area contributed by atoms with Crippen molar-refractivity contribution >= 4 is 17.5 Å². The standard InChI is InChI=1S/C20H27N5O2/c1-14-7-5-6-8-17(14)27-13-18(26)23-19-15(2)21-20(22-16(19)3)25-11-9-24(4)10-12-25/h5-8H,9-13H2,1-4H3,(H,23,26). The van der Waals surface area contributed by atoms with Crippen molar-refractivity contribution < 1.29 is 9.53 Å². The van der Waals surface area contributed by atoms with Gasteiger partial charge in [-0.2, -0.15) is 0 Å². The molecule has 0 saturated carbocycles. The van der Waals surface area contributed by atoms with Crippen LogP contribution in [0.25, 0.3) is 0 Å². The van der Waals surface area contributed by atoms with Crippen LogP contribution in [-0.2, 0) is 4.79 Å². The predicted molar refractivity (Wildman–Crippen MR) is 107 cm³/mol. The fourth-order valence-corrected chi connectivity index (χ4v) is 3.06. The van der Waals surface area contributed by atoms with Gasteiger partial charge in [-0.1, -0.05) is 18.2 Å². The molecule has 3 rings (SSSR count).